The van der Waals surface area contributed by atoms with Crippen LogP contribution in [0.4, 0.5) is 0 Å². The van der Waals surface area contributed by atoms with Crippen molar-refractivity contribution >= 4 is 5.91 Å². The van der Waals surface area contributed by atoms with Crippen molar-refractivity contribution in [2.75, 3.05) is 13.1 Å². The SMILES string of the molecule is CC(C)c1ccc(C(=O)N2CCCC(OCc3ccccn3)C2)c(=O)[nH]1. The van der Waals surface area contributed by atoms with Crippen molar-refractivity contribution in [3.05, 3.63) is 63.8 Å². The summed E-state index contributed by atoms with van der Waals surface area (Å²) in [6, 6.07) is 9.16. The van der Waals surface area contributed by atoms with Gasteiger partial charge in [0.25, 0.3) is 11.5 Å². The number of carbonyl (C=O) groups excluding carboxylic acids is 1. The molecule has 1 fully saturated rings. The molecule has 6 nitrogen and oxygen atoms in total. The van der Waals surface area contributed by atoms with Crippen molar-refractivity contribution in [2.24, 2.45) is 0 Å². The first-order valence-electron chi connectivity index (χ1n) is 9.08. The van der Waals surface area contributed by atoms with E-state index in [9.17, 15) is 9.59 Å². The Morgan fingerprint density at radius 2 is 2.19 bits per heavy atom. The second-order valence-electron chi connectivity index (χ2n) is 6.96. The zero-order valence-electron chi connectivity index (χ0n) is 15.3. The third-order valence-corrected chi connectivity index (χ3v) is 4.64. The molecule has 3 heterocycles. The van der Waals surface area contributed by atoms with Crippen molar-refractivity contribution in [2.45, 2.75) is 45.3 Å². The molecule has 1 aliphatic rings. The van der Waals surface area contributed by atoms with Crippen molar-refractivity contribution in [1.29, 1.82) is 0 Å². The standard InChI is InChI=1S/C20H25N3O3/c1-14(2)18-9-8-17(19(24)22-18)20(25)23-11-5-7-16(12-23)26-13-15-6-3-4-10-21-15/h3-4,6,8-10,14,16H,5,7,11-13H2,1-2H3,(H,22,24). The maximum atomic E-state index is 12.8. The highest BCUT2D eigenvalue weighted by molar-refractivity contribution is 5.93. The molecule has 1 amide bonds. The lowest BCUT2D eigenvalue weighted by Gasteiger charge is -2.32. The lowest BCUT2D eigenvalue weighted by atomic mass is 10.1. The van der Waals surface area contributed by atoms with Crippen LogP contribution in [0.15, 0.2) is 41.3 Å². The number of piperidine rings is 1. The Bertz CT molecular complexity index is 801. The van der Waals surface area contributed by atoms with Crippen molar-refractivity contribution in [3.63, 3.8) is 0 Å². The summed E-state index contributed by atoms with van der Waals surface area (Å²) in [4.78, 5) is 33.8. The number of pyridine rings is 2. The highest BCUT2D eigenvalue weighted by Crippen LogP contribution is 2.17. The van der Waals surface area contributed by atoms with E-state index in [0.29, 0.717) is 19.7 Å². The number of hydrogen-bond donors (Lipinski definition) is 1. The molecule has 1 saturated heterocycles. The summed E-state index contributed by atoms with van der Waals surface area (Å²) >= 11 is 0. The number of likely N-dealkylation sites (tertiary alicyclic amines) is 1. The van der Waals surface area contributed by atoms with E-state index in [-0.39, 0.29) is 29.1 Å². The van der Waals surface area contributed by atoms with Crippen LogP contribution in [0.2, 0.25) is 0 Å². The van der Waals surface area contributed by atoms with Gasteiger partial charge in [0.2, 0.25) is 0 Å². The summed E-state index contributed by atoms with van der Waals surface area (Å²) in [6.07, 6.45) is 3.46. The molecule has 2 aromatic heterocycles. The Morgan fingerprint density at radius 3 is 2.88 bits per heavy atom. The Hall–Kier alpha value is -2.47. The van der Waals surface area contributed by atoms with Gasteiger partial charge in [0, 0.05) is 25.0 Å². The smallest absolute Gasteiger partial charge is 0.261 e. The summed E-state index contributed by atoms with van der Waals surface area (Å²) in [5.74, 6) is -0.0149. The van der Waals surface area contributed by atoms with Gasteiger partial charge in [0.1, 0.15) is 5.56 Å². The van der Waals surface area contributed by atoms with Crippen LogP contribution in [0.5, 0.6) is 0 Å². The molecule has 26 heavy (non-hydrogen) atoms. The molecule has 0 aliphatic carbocycles. The monoisotopic (exact) mass is 355 g/mol. The van der Waals surface area contributed by atoms with E-state index in [1.54, 1.807) is 17.2 Å². The molecule has 0 radical (unpaired) electrons. The van der Waals surface area contributed by atoms with Gasteiger partial charge >= 0.3 is 0 Å². The molecule has 1 unspecified atom stereocenters. The minimum Gasteiger partial charge on any atom is -0.370 e. The van der Waals surface area contributed by atoms with Gasteiger partial charge in [-0.25, -0.2) is 0 Å². The first kappa shape index (κ1) is 18.3. The number of rotatable bonds is 5. The van der Waals surface area contributed by atoms with Crippen LogP contribution in [0.3, 0.4) is 0 Å². The van der Waals surface area contributed by atoms with Gasteiger partial charge in [-0.1, -0.05) is 19.9 Å². The number of H-pyrrole nitrogens is 1. The molecule has 1 atom stereocenters. The first-order chi connectivity index (χ1) is 12.5. The number of carbonyl (C=O) groups is 1. The highest BCUT2D eigenvalue weighted by Gasteiger charge is 2.26. The van der Waals surface area contributed by atoms with Crippen LogP contribution < -0.4 is 5.56 Å². The van der Waals surface area contributed by atoms with Gasteiger partial charge in [-0.2, -0.15) is 0 Å². The third kappa shape index (κ3) is 4.38. The second kappa shape index (κ2) is 8.27. The topological polar surface area (TPSA) is 75.3 Å². The van der Waals surface area contributed by atoms with E-state index in [1.165, 1.54) is 0 Å². The molecule has 0 spiro atoms. The van der Waals surface area contributed by atoms with Crippen LogP contribution in [-0.4, -0.2) is 40.0 Å². The van der Waals surface area contributed by atoms with Crippen molar-refractivity contribution in [1.82, 2.24) is 14.9 Å². The van der Waals surface area contributed by atoms with Gasteiger partial charge in [0.15, 0.2) is 0 Å². The van der Waals surface area contributed by atoms with E-state index in [1.807, 2.05) is 38.1 Å². The number of aromatic amines is 1. The lowest BCUT2D eigenvalue weighted by Crippen LogP contribution is -2.44. The fraction of sp³-hybridized carbons (Fsp3) is 0.450. The van der Waals surface area contributed by atoms with Crippen LogP contribution >= 0.6 is 0 Å². The molecule has 0 aromatic carbocycles. The maximum Gasteiger partial charge on any atom is 0.261 e. The summed E-state index contributed by atoms with van der Waals surface area (Å²) in [7, 11) is 0. The fourth-order valence-corrected chi connectivity index (χ4v) is 3.11. The molecule has 3 rings (SSSR count). The largest absolute Gasteiger partial charge is 0.370 e. The van der Waals surface area contributed by atoms with Crippen LogP contribution in [0.1, 0.15) is 54.4 Å². The lowest BCUT2D eigenvalue weighted by molar-refractivity contribution is -0.00790. The average molecular weight is 355 g/mol. The van der Waals surface area contributed by atoms with E-state index in [2.05, 4.69) is 9.97 Å². The van der Waals surface area contributed by atoms with Crippen LogP contribution in [0.25, 0.3) is 0 Å². The Balaban J connectivity index is 1.63. The number of aromatic nitrogens is 2. The van der Waals surface area contributed by atoms with E-state index < -0.39 is 0 Å². The zero-order chi connectivity index (χ0) is 18.5. The van der Waals surface area contributed by atoms with Crippen LogP contribution in [0, 0.1) is 0 Å². The number of amides is 1. The third-order valence-electron chi connectivity index (χ3n) is 4.64. The molecular formula is C20H25N3O3. The minimum atomic E-state index is -0.322. The van der Waals surface area contributed by atoms with Gasteiger partial charge < -0.3 is 14.6 Å². The molecule has 1 N–H and O–H groups in total. The number of nitrogens with zero attached hydrogens (tertiary/aromatic N) is 2. The number of nitrogens with one attached hydrogen (secondary N) is 1. The molecule has 0 bridgehead atoms. The summed E-state index contributed by atoms with van der Waals surface area (Å²) in [5, 5.41) is 0. The van der Waals surface area contributed by atoms with Crippen LogP contribution in [-0.2, 0) is 11.3 Å². The van der Waals surface area contributed by atoms with E-state index in [4.69, 9.17) is 4.74 Å². The summed E-state index contributed by atoms with van der Waals surface area (Å²) in [5.41, 5.74) is 1.58. The summed E-state index contributed by atoms with van der Waals surface area (Å²) in [6.45, 7) is 5.57. The van der Waals surface area contributed by atoms with Crippen molar-refractivity contribution in [3.8, 4) is 0 Å². The first-order valence-corrected chi connectivity index (χ1v) is 9.08. The van der Waals surface area contributed by atoms with Gasteiger partial charge in [-0.05, 0) is 43.0 Å². The van der Waals surface area contributed by atoms with Crippen molar-refractivity contribution < 1.29 is 9.53 Å². The Morgan fingerprint density at radius 1 is 1.35 bits per heavy atom. The zero-order valence-corrected chi connectivity index (χ0v) is 15.3. The Labute approximate surface area is 153 Å². The van der Waals surface area contributed by atoms with Gasteiger partial charge in [-0.15, -0.1) is 0 Å². The maximum absolute atomic E-state index is 12.8. The molecule has 0 saturated carbocycles. The molecular weight excluding hydrogens is 330 g/mol. The second-order valence-corrected chi connectivity index (χ2v) is 6.96. The average Bonchev–Trinajstić information content (AvgIpc) is 2.67. The summed E-state index contributed by atoms with van der Waals surface area (Å²) < 4.78 is 5.92. The van der Waals surface area contributed by atoms with Gasteiger partial charge in [0.05, 0.1) is 18.4 Å². The van der Waals surface area contributed by atoms with E-state index in [0.717, 1.165) is 24.2 Å². The molecule has 2 aromatic rings. The van der Waals surface area contributed by atoms with Gasteiger partial charge in [-0.3, -0.25) is 14.6 Å². The number of hydrogen-bond acceptors (Lipinski definition) is 4. The molecule has 138 valence electrons. The molecule has 6 heteroatoms. The Kier molecular flexibility index (Phi) is 5.83. The molecule has 1 aliphatic heterocycles. The quantitative estimate of drug-likeness (QED) is 0.895. The minimum absolute atomic E-state index is 0.0382. The fourth-order valence-electron chi connectivity index (χ4n) is 3.11. The normalized spacial score (nSPS) is 17.5. The number of ether oxygens (including phenoxy) is 1. The predicted molar refractivity (Wildman–Crippen MR) is 99.1 cm³/mol. The predicted octanol–water partition coefficient (Wildman–Crippen LogP) is 2.71. The van der Waals surface area contributed by atoms with E-state index >= 15 is 0 Å². The highest BCUT2D eigenvalue weighted by atomic mass is 16.5.